The van der Waals surface area contributed by atoms with Crippen LogP contribution >= 0.6 is 15.9 Å². The van der Waals surface area contributed by atoms with E-state index < -0.39 is 10.0 Å². The second-order valence-electron chi connectivity index (χ2n) is 4.06. The minimum absolute atomic E-state index is 0.238. The first-order valence-corrected chi connectivity index (χ1v) is 7.92. The number of halogens is 1. The number of aromatic nitrogens is 1. The average Bonchev–Trinajstić information content (AvgIpc) is 2.38. The maximum Gasteiger partial charge on any atom is 0.241 e. The molecule has 1 aromatic carbocycles. The van der Waals surface area contributed by atoms with Crippen molar-refractivity contribution in [2.45, 2.75) is 18.4 Å². The molecule has 1 heterocycles. The third-order valence-corrected chi connectivity index (χ3v) is 5.13. The van der Waals surface area contributed by atoms with Crippen molar-refractivity contribution in [1.82, 2.24) is 9.71 Å². The number of nitrogens with one attached hydrogen (secondary N) is 1. The van der Waals surface area contributed by atoms with Crippen LogP contribution in [0.4, 0.5) is 0 Å². The maximum atomic E-state index is 12.2. The summed E-state index contributed by atoms with van der Waals surface area (Å²) in [6.45, 7) is 2.15. The number of rotatable bonds is 4. The van der Waals surface area contributed by atoms with Gasteiger partial charge in [-0.25, -0.2) is 13.1 Å². The normalized spacial score (nSPS) is 11.5. The van der Waals surface area contributed by atoms with Crippen LogP contribution in [0.5, 0.6) is 0 Å². The quantitative estimate of drug-likeness (QED) is 0.930. The van der Waals surface area contributed by atoms with Gasteiger partial charge in [0.15, 0.2) is 0 Å². The Kier molecular flexibility index (Phi) is 4.34. The van der Waals surface area contributed by atoms with Gasteiger partial charge in [0.2, 0.25) is 10.0 Å². The zero-order chi connectivity index (χ0) is 13.9. The highest BCUT2D eigenvalue weighted by atomic mass is 79.9. The molecule has 0 atom stereocenters. The molecule has 0 aliphatic carbocycles. The molecule has 0 amide bonds. The summed E-state index contributed by atoms with van der Waals surface area (Å²) in [6, 6.07) is 8.53. The molecule has 0 bridgehead atoms. The molecule has 4 nitrogen and oxygen atoms in total. The molecule has 19 heavy (non-hydrogen) atoms. The minimum Gasteiger partial charge on any atom is -0.264 e. The highest BCUT2D eigenvalue weighted by molar-refractivity contribution is 9.10. The number of pyridine rings is 1. The highest BCUT2D eigenvalue weighted by Gasteiger charge is 2.16. The molecule has 2 aromatic rings. The molecule has 2 rings (SSSR count). The molecule has 0 saturated carbocycles. The Morgan fingerprint density at radius 3 is 2.68 bits per heavy atom. The van der Waals surface area contributed by atoms with Gasteiger partial charge in [0, 0.05) is 23.4 Å². The maximum absolute atomic E-state index is 12.2. The molecule has 1 N–H and O–H groups in total. The van der Waals surface area contributed by atoms with E-state index in [9.17, 15) is 8.42 Å². The van der Waals surface area contributed by atoms with Gasteiger partial charge in [-0.15, -0.1) is 0 Å². The lowest BCUT2D eigenvalue weighted by Crippen LogP contribution is -2.24. The van der Waals surface area contributed by atoms with Crippen molar-refractivity contribution in [3.63, 3.8) is 0 Å². The van der Waals surface area contributed by atoms with Crippen molar-refractivity contribution >= 4 is 26.0 Å². The second kappa shape index (κ2) is 5.81. The number of hydrogen-bond acceptors (Lipinski definition) is 3. The number of sulfonamides is 1. The Hall–Kier alpha value is -1.24. The number of hydrogen-bond donors (Lipinski definition) is 1. The van der Waals surface area contributed by atoms with Crippen LogP contribution in [0.3, 0.4) is 0 Å². The van der Waals surface area contributed by atoms with Gasteiger partial charge < -0.3 is 0 Å². The van der Waals surface area contributed by atoms with Gasteiger partial charge in [-0.2, -0.15) is 0 Å². The summed E-state index contributed by atoms with van der Waals surface area (Å²) in [7, 11) is -3.52. The van der Waals surface area contributed by atoms with Crippen molar-refractivity contribution in [2.75, 3.05) is 0 Å². The largest absolute Gasteiger partial charge is 0.264 e. The summed E-state index contributed by atoms with van der Waals surface area (Å²) in [4.78, 5) is 4.21. The van der Waals surface area contributed by atoms with Gasteiger partial charge in [-0.1, -0.05) is 12.1 Å². The van der Waals surface area contributed by atoms with Crippen molar-refractivity contribution in [1.29, 1.82) is 0 Å². The van der Waals surface area contributed by atoms with E-state index in [0.717, 1.165) is 11.1 Å². The van der Waals surface area contributed by atoms with Crippen LogP contribution in [-0.2, 0) is 16.6 Å². The van der Waals surface area contributed by atoms with Crippen LogP contribution in [0, 0.1) is 6.92 Å². The van der Waals surface area contributed by atoms with E-state index in [1.807, 2.05) is 6.92 Å². The predicted molar refractivity (Wildman–Crippen MR) is 77.1 cm³/mol. The van der Waals surface area contributed by atoms with Gasteiger partial charge in [0.1, 0.15) is 0 Å². The molecule has 0 spiro atoms. The van der Waals surface area contributed by atoms with E-state index >= 15 is 0 Å². The molecule has 0 unspecified atom stereocenters. The van der Waals surface area contributed by atoms with Gasteiger partial charge in [0.05, 0.1) is 4.90 Å². The minimum atomic E-state index is -3.52. The van der Waals surface area contributed by atoms with Crippen molar-refractivity contribution in [3.05, 3.63) is 58.3 Å². The van der Waals surface area contributed by atoms with Gasteiger partial charge in [-0.3, -0.25) is 4.98 Å². The van der Waals surface area contributed by atoms with Crippen molar-refractivity contribution in [2.24, 2.45) is 0 Å². The molecule has 0 aliphatic heterocycles. The number of nitrogens with zero attached hydrogens (tertiary/aromatic N) is 1. The topological polar surface area (TPSA) is 59.1 Å². The highest BCUT2D eigenvalue weighted by Crippen LogP contribution is 2.21. The van der Waals surface area contributed by atoms with Crippen molar-refractivity contribution in [3.8, 4) is 0 Å². The van der Waals surface area contributed by atoms with Crippen LogP contribution in [0.1, 0.15) is 11.1 Å². The van der Waals surface area contributed by atoms with E-state index in [1.54, 1.807) is 42.7 Å². The fourth-order valence-electron chi connectivity index (χ4n) is 1.61. The second-order valence-corrected chi connectivity index (χ2v) is 6.65. The lowest BCUT2D eigenvalue weighted by atomic mass is 10.2. The smallest absolute Gasteiger partial charge is 0.241 e. The summed E-state index contributed by atoms with van der Waals surface area (Å²) < 4.78 is 27.5. The lowest BCUT2D eigenvalue weighted by molar-refractivity contribution is 0.580. The van der Waals surface area contributed by atoms with E-state index in [1.165, 1.54) is 0 Å². The molecule has 0 aliphatic rings. The average molecular weight is 341 g/mol. The van der Waals surface area contributed by atoms with Gasteiger partial charge >= 0.3 is 0 Å². The third kappa shape index (κ3) is 3.40. The zero-order valence-corrected chi connectivity index (χ0v) is 12.7. The predicted octanol–water partition coefficient (Wildman–Crippen LogP) is 2.63. The van der Waals surface area contributed by atoms with E-state index in [-0.39, 0.29) is 11.4 Å². The zero-order valence-electron chi connectivity index (χ0n) is 10.3. The molecule has 100 valence electrons. The summed E-state index contributed by atoms with van der Waals surface area (Å²) in [5.41, 5.74) is 1.86. The Labute approximate surface area is 121 Å². The Morgan fingerprint density at radius 1 is 1.26 bits per heavy atom. The van der Waals surface area contributed by atoms with Crippen LogP contribution < -0.4 is 4.72 Å². The van der Waals surface area contributed by atoms with Crippen LogP contribution in [-0.4, -0.2) is 13.4 Å². The SMILES string of the molecule is Cc1cnccc1CNS(=O)(=O)c1ccccc1Br. The molecule has 0 radical (unpaired) electrons. The number of aryl methyl sites for hydroxylation is 1. The van der Waals surface area contributed by atoms with Gasteiger partial charge in [-0.05, 0) is 52.2 Å². The summed E-state index contributed by atoms with van der Waals surface area (Å²) in [5, 5.41) is 0. The molecule has 6 heteroatoms. The van der Waals surface area contributed by atoms with Crippen LogP contribution in [0.25, 0.3) is 0 Å². The fraction of sp³-hybridized carbons (Fsp3) is 0.154. The van der Waals surface area contributed by atoms with Crippen molar-refractivity contribution < 1.29 is 8.42 Å². The van der Waals surface area contributed by atoms with Crippen LogP contribution in [0.15, 0.2) is 52.1 Å². The van der Waals surface area contributed by atoms with E-state index in [2.05, 4.69) is 25.6 Å². The van der Waals surface area contributed by atoms with Crippen LogP contribution in [0.2, 0.25) is 0 Å². The summed E-state index contributed by atoms with van der Waals surface area (Å²) in [5.74, 6) is 0. The Bertz CT molecular complexity index is 687. The molecule has 0 fully saturated rings. The molecule has 0 saturated heterocycles. The lowest BCUT2D eigenvalue weighted by Gasteiger charge is -2.09. The first kappa shape index (κ1) is 14.2. The first-order valence-electron chi connectivity index (χ1n) is 5.64. The Morgan fingerprint density at radius 2 is 2.00 bits per heavy atom. The third-order valence-electron chi connectivity index (χ3n) is 2.72. The van der Waals surface area contributed by atoms with Gasteiger partial charge in [0.25, 0.3) is 0 Å². The monoisotopic (exact) mass is 340 g/mol. The molecule has 1 aromatic heterocycles. The summed E-state index contributed by atoms with van der Waals surface area (Å²) in [6.07, 6.45) is 3.36. The van der Waals surface area contributed by atoms with E-state index in [4.69, 9.17) is 0 Å². The fourth-order valence-corrected chi connectivity index (χ4v) is 3.62. The summed E-state index contributed by atoms with van der Waals surface area (Å²) >= 11 is 3.24. The standard InChI is InChI=1S/C13H13BrN2O2S/c1-10-8-15-7-6-11(10)9-16-19(17,18)13-5-3-2-4-12(13)14/h2-8,16H,9H2,1H3. The molecular weight excluding hydrogens is 328 g/mol. The van der Waals surface area contributed by atoms with E-state index in [0.29, 0.717) is 4.47 Å². The first-order chi connectivity index (χ1) is 9.00. The number of benzene rings is 1. The Balaban J connectivity index is 2.20. The molecular formula is C13H13BrN2O2S.